The zero-order chi connectivity index (χ0) is 23.8. The van der Waals surface area contributed by atoms with E-state index in [1.54, 1.807) is 30.5 Å². The zero-order valence-electron chi connectivity index (χ0n) is 19.0. The second kappa shape index (κ2) is 11.1. The van der Waals surface area contributed by atoms with Crippen molar-refractivity contribution in [2.24, 2.45) is 10.4 Å². The molecule has 0 aromatic heterocycles. The topological polar surface area (TPSA) is 106 Å². The summed E-state index contributed by atoms with van der Waals surface area (Å²) in [5.41, 5.74) is 1.02. The van der Waals surface area contributed by atoms with Gasteiger partial charge in [-0.2, -0.15) is 0 Å². The molecule has 1 aromatic carbocycles. The van der Waals surface area contributed by atoms with Crippen molar-refractivity contribution in [1.29, 1.82) is 0 Å². The van der Waals surface area contributed by atoms with E-state index in [-0.39, 0.29) is 25.9 Å². The van der Waals surface area contributed by atoms with E-state index in [4.69, 9.17) is 9.57 Å². The van der Waals surface area contributed by atoms with E-state index in [0.29, 0.717) is 22.9 Å². The molecule has 33 heavy (non-hydrogen) atoms. The Kier molecular flexibility index (Phi) is 8.24. The fraction of sp³-hybridized carbons (Fsp3) is 0.458. The number of nitrogens with zero attached hydrogens (tertiary/aromatic N) is 3. The fourth-order valence-corrected chi connectivity index (χ4v) is 3.56. The number of likely N-dealkylation sites (N-methyl/N-ethyl adjacent to an activating group) is 1. The average Bonchev–Trinajstić information content (AvgIpc) is 3.02. The van der Waals surface area contributed by atoms with Crippen LogP contribution in [0.1, 0.15) is 37.8 Å². The predicted octanol–water partition coefficient (Wildman–Crippen LogP) is 2.11. The number of hydroxylamine groups is 2. The van der Waals surface area contributed by atoms with Gasteiger partial charge in [0.15, 0.2) is 0 Å². The Morgan fingerprint density at radius 3 is 2.61 bits per heavy atom. The van der Waals surface area contributed by atoms with E-state index in [0.717, 1.165) is 31.5 Å². The highest BCUT2D eigenvalue weighted by atomic mass is 16.7. The normalized spacial score (nSPS) is 19.7. The number of aldehydes is 1. The predicted molar refractivity (Wildman–Crippen MR) is 122 cm³/mol. The van der Waals surface area contributed by atoms with Gasteiger partial charge in [0.1, 0.15) is 11.7 Å². The van der Waals surface area contributed by atoms with Crippen molar-refractivity contribution in [1.82, 2.24) is 9.96 Å². The quantitative estimate of drug-likeness (QED) is 0.286. The fourth-order valence-electron chi connectivity index (χ4n) is 3.56. The smallest absolute Gasteiger partial charge is 0.337 e. The molecule has 1 saturated heterocycles. The molecule has 0 N–H and O–H groups in total. The van der Waals surface area contributed by atoms with Gasteiger partial charge in [-0.15, -0.1) is 5.06 Å². The van der Waals surface area contributed by atoms with Crippen LogP contribution >= 0.6 is 0 Å². The third kappa shape index (κ3) is 6.21. The second-order valence-corrected chi connectivity index (χ2v) is 8.02. The van der Waals surface area contributed by atoms with E-state index in [2.05, 4.69) is 23.7 Å². The summed E-state index contributed by atoms with van der Waals surface area (Å²) in [6, 6.07) is 5.25. The molecule has 0 aliphatic carbocycles. The average molecular weight is 456 g/mol. The van der Waals surface area contributed by atoms with Crippen molar-refractivity contribution >= 4 is 42.0 Å². The molecular weight excluding hydrogens is 426 g/mol. The Morgan fingerprint density at radius 1 is 1.21 bits per heavy atom. The maximum Gasteiger partial charge on any atom is 0.337 e. The lowest BCUT2D eigenvalue weighted by atomic mass is 9.92. The maximum absolute atomic E-state index is 12.2. The van der Waals surface area contributed by atoms with Crippen LogP contribution in [0.15, 0.2) is 29.3 Å². The van der Waals surface area contributed by atoms with Crippen LogP contribution in [0, 0.1) is 5.41 Å². The van der Waals surface area contributed by atoms with Crippen LogP contribution in [0.5, 0.6) is 0 Å². The Morgan fingerprint density at radius 2 is 1.94 bits per heavy atom. The molecule has 0 radical (unpaired) electrons. The van der Waals surface area contributed by atoms with Crippen LogP contribution in [-0.2, 0) is 35.2 Å². The molecule has 1 fully saturated rings. The van der Waals surface area contributed by atoms with Crippen molar-refractivity contribution in [3.63, 3.8) is 0 Å². The number of carbonyl (C=O) groups excluding carboxylic acids is 4. The number of aliphatic imine (C=N–C) groups is 1. The van der Waals surface area contributed by atoms with E-state index in [1.807, 2.05) is 6.08 Å². The molecule has 2 aliphatic heterocycles. The molecule has 0 bridgehead atoms. The number of hydrogen-bond donors (Lipinski definition) is 0. The van der Waals surface area contributed by atoms with Crippen LogP contribution < -0.4 is 0 Å². The number of fused-ring (bicyclic) bond motifs is 1. The van der Waals surface area contributed by atoms with E-state index >= 15 is 0 Å². The maximum atomic E-state index is 12.2. The Labute approximate surface area is 193 Å². The first kappa shape index (κ1) is 24.5. The SMILES string of the molecule is CCN(CC)CCOCC1(C=O)C=Cc2ccc(CC(=O)ON3C(=O)CCC3=O)cc2N=C1. The highest BCUT2D eigenvalue weighted by Crippen LogP contribution is 2.29. The minimum absolute atomic E-state index is 0.0453. The first-order valence-corrected chi connectivity index (χ1v) is 11.1. The number of amides is 2. The first-order chi connectivity index (χ1) is 15.9. The van der Waals surface area contributed by atoms with Crippen LogP contribution in [0.3, 0.4) is 0 Å². The summed E-state index contributed by atoms with van der Waals surface area (Å²) in [7, 11) is 0. The molecule has 1 aromatic rings. The molecule has 176 valence electrons. The minimum atomic E-state index is -0.974. The first-order valence-electron chi connectivity index (χ1n) is 11.1. The summed E-state index contributed by atoms with van der Waals surface area (Å²) >= 11 is 0. The van der Waals surface area contributed by atoms with Crippen molar-refractivity contribution in [3.8, 4) is 0 Å². The van der Waals surface area contributed by atoms with Gasteiger partial charge in [0.2, 0.25) is 0 Å². The molecule has 1 atom stereocenters. The molecule has 2 aliphatic rings. The Bertz CT molecular complexity index is 953. The van der Waals surface area contributed by atoms with E-state index in [1.165, 1.54) is 0 Å². The van der Waals surface area contributed by atoms with Crippen molar-refractivity contribution < 1.29 is 28.8 Å². The molecule has 2 amide bonds. The number of hydrogen-bond acceptors (Lipinski definition) is 8. The Balaban J connectivity index is 1.63. The molecule has 3 rings (SSSR count). The van der Waals surface area contributed by atoms with Crippen LogP contribution in [0.25, 0.3) is 6.08 Å². The number of imide groups is 1. The molecule has 0 saturated carbocycles. The minimum Gasteiger partial charge on any atom is -0.378 e. The zero-order valence-corrected chi connectivity index (χ0v) is 19.0. The summed E-state index contributed by atoms with van der Waals surface area (Å²) < 4.78 is 5.78. The molecule has 1 unspecified atom stereocenters. The highest BCUT2D eigenvalue weighted by Gasteiger charge is 2.33. The van der Waals surface area contributed by atoms with E-state index < -0.39 is 23.2 Å². The highest BCUT2D eigenvalue weighted by molar-refractivity contribution is 6.01. The van der Waals surface area contributed by atoms with Gasteiger partial charge in [-0.3, -0.25) is 14.6 Å². The van der Waals surface area contributed by atoms with Crippen LogP contribution in [0.4, 0.5) is 5.69 Å². The third-order valence-electron chi connectivity index (χ3n) is 5.68. The third-order valence-corrected chi connectivity index (χ3v) is 5.68. The summed E-state index contributed by atoms with van der Waals surface area (Å²) in [4.78, 5) is 59.0. The molecule has 9 heteroatoms. The van der Waals surface area contributed by atoms with Gasteiger partial charge >= 0.3 is 5.97 Å². The lowest BCUT2D eigenvalue weighted by molar-refractivity contribution is -0.197. The summed E-state index contributed by atoms with van der Waals surface area (Å²) in [6.45, 7) is 7.55. The van der Waals surface area contributed by atoms with Gasteiger partial charge in [-0.1, -0.05) is 38.1 Å². The van der Waals surface area contributed by atoms with Crippen LogP contribution in [0.2, 0.25) is 0 Å². The largest absolute Gasteiger partial charge is 0.378 e. The van der Waals surface area contributed by atoms with Gasteiger partial charge < -0.3 is 19.3 Å². The lowest BCUT2D eigenvalue weighted by Crippen LogP contribution is -2.32. The number of ether oxygens (including phenoxy) is 1. The van der Waals surface area contributed by atoms with E-state index in [9.17, 15) is 19.2 Å². The molecular formula is C24H29N3O6. The van der Waals surface area contributed by atoms with Crippen molar-refractivity contribution in [2.45, 2.75) is 33.1 Å². The molecule has 2 heterocycles. The van der Waals surface area contributed by atoms with Crippen molar-refractivity contribution in [3.05, 3.63) is 35.4 Å². The lowest BCUT2D eigenvalue weighted by Gasteiger charge is -2.21. The summed E-state index contributed by atoms with van der Waals surface area (Å²) in [5.74, 6) is -1.75. The summed E-state index contributed by atoms with van der Waals surface area (Å²) in [6.07, 6.45) is 5.92. The van der Waals surface area contributed by atoms with Gasteiger partial charge in [0.05, 0.1) is 25.3 Å². The second-order valence-electron chi connectivity index (χ2n) is 8.02. The number of benzene rings is 1. The van der Waals surface area contributed by atoms with Crippen LogP contribution in [-0.4, -0.2) is 73.1 Å². The van der Waals surface area contributed by atoms with Gasteiger partial charge in [0, 0.05) is 25.6 Å². The Hall–Kier alpha value is -3.17. The molecule has 0 spiro atoms. The summed E-state index contributed by atoms with van der Waals surface area (Å²) in [5, 5.41) is 0.533. The number of carbonyl (C=O) groups is 4. The standard InChI is InChI=1S/C24H29N3O6/c1-3-26(4-2)11-12-32-17-24(16-28)10-9-19-6-5-18(13-20(19)25-15-24)14-23(31)33-27-21(29)7-8-22(27)30/h5-6,9-10,13,15-16H,3-4,7-8,11-12,14,17H2,1-2H3. The monoisotopic (exact) mass is 455 g/mol. The van der Waals surface area contributed by atoms with Gasteiger partial charge in [-0.05, 0) is 30.3 Å². The molecule has 9 nitrogen and oxygen atoms in total. The van der Waals surface area contributed by atoms with Crippen molar-refractivity contribution in [2.75, 3.05) is 32.8 Å². The van der Waals surface area contributed by atoms with Gasteiger partial charge in [0.25, 0.3) is 11.8 Å². The van der Waals surface area contributed by atoms with Gasteiger partial charge in [-0.25, -0.2) is 4.79 Å². The number of rotatable bonds is 11.